The quantitative estimate of drug-likeness (QED) is 0.533. The fourth-order valence-corrected chi connectivity index (χ4v) is 4.56. The molecule has 0 aliphatic heterocycles. The van der Waals surface area contributed by atoms with Crippen molar-refractivity contribution in [1.29, 1.82) is 0 Å². The van der Waals surface area contributed by atoms with Crippen LogP contribution in [0.3, 0.4) is 0 Å². The van der Waals surface area contributed by atoms with Gasteiger partial charge in [-0.15, -0.1) is 0 Å². The molecule has 0 spiro atoms. The van der Waals surface area contributed by atoms with Crippen molar-refractivity contribution in [2.24, 2.45) is 0 Å². The van der Waals surface area contributed by atoms with Crippen molar-refractivity contribution in [2.75, 3.05) is 12.4 Å². The number of aromatic nitrogens is 1. The Kier molecular flexibility index (Phi) is 6.34. The number of aryl methyl sites for hydroxylation is 1. The Morgan fingerprint density at radius 2 is 1.83 bits per heavy atom. The number of para-hydroxylation sites is 1. The Balaban J connectivity index is 1.96. The molecule has 8 heteroatoms. The molecule has 0 saturated carbocycles. The largest absolute Gasteiger partial charge is 0.465 e. The number of nitrogens with zero attached hydrogens (tertiary/aromatic N) is 1. The highest BCUT2D eigenvalue weighted by Crippen LogP contribution is 2.26. The lowest BCUT2D eigenvalue weighted by Gasteiger charge is -2.15. The van der Waals surface area contributed by atoms with E-state index in [1.54, 1.807) is 36.4 Å². The van der Waals surface area contributed by atoms with Gasteiger partial charge in [-0.25, -0.2) is 18.2 Å². The van der Waals surface area contributed by atoms with Crippen molar-refractivity contribution in [3.05, 3.63) is 82.0 Å². The van der Waals surface area contributed by atoms with Gasteiger partial charge in [0, 0.05) is 22.8 Å². The molecule has 1 N–H and O–H groups in total. The van der Waals surface area contributed by atoms with Crippen LogP contribution in [0.1, 0.15) is 21.5 Å². The number of hydrogen-bond donors (Lipinski definition) is 1. The maximum Gasteiger partial charge on any atom is 0.339 e. The second-order valence-electron chi connectivity index (χ2n) is 6.27. The van der Waals surface area contributed by atoms with Gasteiger partial charge in [0.15, 0.2) is 5.03 Å². The van der Waals surface area contributed by atoms with E-state index >= 15 is 0 Å². The van der Waals surface area contributed by atoms with Gasteiger partial charge in [-0.3, -0.25) is 0 Å². The second kappa shape index (κ2) is 8.75. The zero-order valence-electron chi connectivity index (χ0n) is 15.8. The van der Waals surface area contributed by atoms with Crippen LogP contribution in [0.5, 0.6) is 0 Å². The fraction of sp³-hybridized carbons (Fsp3) is 0.143. The van der Waals surface area contributed by atoms with Crippen LogP contribution in [0.25, 0.3) is 0 Å². The van der Waals surface area contributed by atoms with Gasteiger partial charge in [-0.1, -0.05) is 34.1 Å². The molecule has 3 aromatic rings. The fourth-order valence-electron chi connectivity index (χ4n) is 2.89. The van der Waals surface area contributed by atoms with Crippen molar-refractivity contribution < 1.29 is 17.9 Å². The third-order valence-corrected chi connectivity index (χ3v) is 6.66. The summed E-state index contributed by atoms with van der Waals surface area (Å²) in [6.45, 7) is 2.03. The lowest BCUT2D eigenvalue weighted by atomic mass is 10.1. The molecule has 0 aliphatic carbocycles. The van der Waals surface area contributed by atoms with Gasteiger partial charge in [-0.2, -0.15) is 0 Å². The molecule has 150 valence electrons. The Hall–Kier alpha value is -2.71. The Bertz CT molecular complexity index is 1150. The van der Waals surface area contributed by atoms with Crippen molar-refractivity contribution >= 4 is 37.4 Å². The summed E-state index contributed by atoms with van der Waals surface area (Å²) in [5.74, 6) is -0.468. The molecule has 29 heavy (non-hydrogen) atoms. The molecule has 0 unspecified atom stereocenters. The lowest BCUT2D eigenvalue weighted by Crippen LogP contribution is -2.13. The molecule has 2 aromatic carbocycles. The number of halogens is 1. The Morgan fingerprint density at radius 1 is 1.10 bits per heavy atom. The van der Waals surface area contributed by atoms with Crippen LogP contribution < -0.4 is 5.32 Å². The average molecular weight is 475 g/mol. The molecule has 0 radical (unpaired) electrons. The summed E-state index contributed by atoms with van der Waals surface area (Å²) in [6, 6.07) is 15.1. The van der Waals surface area contributed by atoms with Crippen LogP contribution in [0.2, 0.25) is 0 Å². The molecule has 0 aliphatic rings. The number of carbonyl (C=O) groups is 1. The van der Waals surface area contributed by atoms with E-state index in [9.17, 15) is 13.2 Å². The number of rotatable bonds is 6. The molecule has 1 heterocycles. The summed E-state index contributed by atoms with van der Waals surface area (Å²) < 4.78 is 31.8. The SMILES string of the molecule is COC(=O)c1cccc(C)c1NCc1cccnc1S(=O)(=O)c1ccc(Br)cc1. The van der Waals surface area contributed by atoms with Gasteiger partial charge >= 0.3 is 5.97 Å². The molecule has 6 nitrogen and oxygen atoms in total. The Morgan fingerprint density at radius 3 is 2.52 bits per heavy atom. The first-order valence-corrected chi connectivity index (χ1v) is 11.0. The van der Waals surface area contributed by atoms with Crippen molar-refractivity contribution in [3.63, 3.8) is 0 Å². The number of methoxy groups -OCH3 is 1. The third-order valence-electron chi connectivity index (χ3n) is 4.36. The van der Waals surface area contributed by atoms with Crippen LogP contribution in [0.15, 0.2) is 75.2 Å². The molecule has 0 saturated heterocycles. The van der Waals surface area contributed by atoms with Crippen molar-refractivity contribution in [2.45, 2.75) is 23.4 Å². The summed E-state index contributed by atoms with van der Waals surface area (Å²) in [6.07, 6.45) is 1.45. The first kappa shape index (κ1) is 21.0. The lowest BCUT2D eigenvalue weighted by molar-refractivity contribution is 0.0601. The van der Waals surface area contributed by atoms with Gasteiger partial charge in [-0.05, 0) is 48.9 Å². The molecule has 0 amide bonds. The van der Waals surface area contributed by atoms with Gasteiger partial charge < -0.3 is 10.1 Å². The number of benzene rings is 2. The molecular weight excluding hydrogens is 456 g/mol. The molecule has 0 bridgehead atoms. The number of hydrogen-bond acceptors (Lipinski definition) is 6. The molecular formula is C21H19BrN2O4S. The van der Waals surface area contributed by atoms with Crippen LogP contribution >= 0.6 is 15.9 Å². The maximum absolute atomic E-state index is 13.1. The summed E-state index contributed by atoms with van der Waals surface area (Å²) in [5, 5.41) is 3.15. The van der Waals surface area contributed by atoms with Gasteiger partial charge in [0.2, 0.25) is 9.84 Å². The normalized spacial score (nSPS) is 11.1. The van der Waals surface area contributed by atoms with Crippen molar-refractivity contribution in [3.8, 4) is 0 Å². The van der Waals surface area contributed by atoms with Crippen molar-refractivity contribution in [1.82, 2.24) is 4.98 Å². The van der Waals surface area contributed by atoms with E-state index in [-0.39, 0.29) is 16.5 Å². The van der Waals surface area contributed by atoms with Crippen LogP contribution in [0.4, 0.5) is 5.69 Å². The van der Waals surface area contributed by atoms with Crippen LogP contribution in [0, 0.1) is 6.92 Å². The summed E-state index contributed by atoms with van der Waals surface area (Å²) in [7, 11) is -2.48. The molecule has 0 atom stereocenters. The number of carbonyl (C=O) groups excluding carboxylic acids is 1. The van der Waals surface area contributed by atoms with E-state index in [1.165, 1.54) is 25.4 Å². The van der Waals surface area contributed by atoms with E-state index in [1.807, 2.05) is 13.0 Å². The molecule has 1 aromatic heterocycles. The highest BCUT2D eigenvalue weighted by Gasteiger charge is 2.23. The van der Waals surface area contributed by atoms with E-state index in [2.05, 4.69) is 26.2 Å². The number of pyridine rings is 1. The van der Waals surface area contributed by atoms with Crippen LogP contribution in [-0.2, 0) is 21.1 Å². The summed E-state index contributed by atoms with van der Waals surface area (Å²) in [4.78, 5) is 16.3. The van der Waals surface area contributed by atoms with E-state index < -0.39 is 15.8 Å². The average Bonchev–Trinajstić information content (AvgIpc) is 2.72. The van der Waals surface area contributed by atoms with Gasteiger partial charge in [0.05, 0.1) is 23.3 Å². The molecule has 0 fully saturated rings. The topological polar surface area (TPSA) is 85.4 Å². The smallest absolute Gasteiger partial charge is 0.339 e. The highest BCUT2D eigenvalue weighted by molar-refractivity contribution is 9.10. The van der Waals surface area contributed by atoms with Crippen LogP contribution in [-0.4, -0.2) is 26.5 Å². The minimum Gasteiger partial charge on any atom is -0.465 e. The Labute approximate surface area is 178 Å². The maximum atomic E-state index is 13.1. The number of sulfone groups is 1. The van der Waals surface area contributed by atoms with Gasteiger partial charge in [0.25, 0.3) is 0 Å². The summed E-state index contributed by atoms with van der Waals surface area (Å²) in [5.41, 5.74) is 2.31. The zero-order chi connectivity index (χ0) is 21.0. The number of nitrogens with one attached hydrogen (secondary N) is 1. The highest BCUT2D eigenvalue weighted by atomic mass is 79.9. The second-order valence-corrected chi connectivity index (χ2v) is 9.05. The van der Waals surface area contributed by atoms with Gasteiger partial charge in [0.1, 0.15) is 0 Å². The molecule has 3 rings (SSSR count). The number of ether oxygens (including phenoxy) is 1. The monoisotopic (exact) mass is 474 g/mol. The van der Waals surface area contributed by atoms with E-state index in [0.717, 1.165) is 10.0 Å². The van der Waals surface area contributed by atoms with E-state index in [4.69, 9.17) is 4.74 Å². The first-order valence-electron chi connectivity index (χ1n) is 8.71. The minimum absolute atomic E-state index is 0.0250. The number of esters is 1. The minimum atomic E-state index is -3.80. The third kappa shape index (κ3) is 4.49. The zero-order valence-corrected chi connectivity index (χ0v) is 18.2. The van der Waals surface area contributed by atoms with E-state index in [0.29, 0.717) is 16.8 Å². The predicted octanol–water partition coefficient (Wildman–Crippen LogP) is 4.38. The first-order chi connectivity index (χ1) is 13.8. The standard InChI is InChI=1S/C21H19BrN2O4S/c1-14-5-3-7-18(21(25)28-2)19(14)24-13-15-6-4-12-23-20(15)29(26,27)17-10-8-16(22)9-11-17/h3-12,24H,13H2,1-2H3. The predicted molar refractivity (Wildman–Crippen MR) is 114 cm³/mol. The summed E-state index contributed by atoms with van der Waals surface area (Å²) >= 11 is 3.31. The number of anilines is 1.